The molecule has 1 aromatic heterocycles. The van der Waals surface area contributed by atoms with Crippen LogP contribution in [0, 0.1) is 6.92 Å². The molecule has 0 N–H and O–H groups in total. The van der Waals surface area contributed by atoms with Gasteiger partial charge in [0.1, 0.15) is 0 Å². The van der Waals surface area contributed by atoms with Crippen LogP contribution in [0.25, 0.3) is 0 Å². The fourth-order valence-corrected chi connectivity index (χ4v) is 2.66. The second-order valence-electron chi connectivity index (χ2n) is 3.85. The third-order valence-corrected chi connectivity index (χ3v) is 4.18. The van der Waals surface area contributed by atoms with Crippen LogP contribution in [0.3, 0.4) is 0 Å². The Labute approximate surface area is 118 Å². The molecule has 3 nitrogen and oxygen atoms in total. The van der Waals surface area contributed by atoms with Crippen LogP contribution in [-0.4, -0.2) is 15.8 Å². The molecule has 0 unspecified atom stereocenters. The average Bonchev–Trinajstić information content (AvgIpc) is 2.34. The number of benzene rings is 1. The van der Waals surface area contributed by atoms with Crippen LogP contribution < -0.4 is 0 Å². The Kier molecular flexibility index (Phi) is 4.14. The Hall–Kier alpha value is -1.20. The number of carbonyl (C=O) groups is 1. The van der Waals surface area contributed by atoms with Gasteiger partial charge < -0.3 is 0 Å². The van der Waals surface area contributed by atoms with Crippen molar-refractivity contribution in [3.8, 4) is 0 Å². The lowest BCUT2D eigenvalue weighted by atomic mass is 10.2. The Morgan fingerprint density at radius 1 is 1.28 bits per heavy atom. The molecule has 0 aliphatic carbocycles. The van der Waals surface area contributed by atoms with Crippen LogP contribution in [0.5, 0.6) is 0 Å². The van der Waals surface area contributed by atoms with E-state index in [-0.39, 0.29) is 5.78 Å². The molecular formula is C13H11BrN2OS. The summed E-state index contributed by atoms with van der Waals surface area (Å²) in [6.07, 6.45) is 3.57. The van der Waals surface area contributed by atoms with Gasteiger partial charge in [0.05, 0.1) is 0 Å². The number of hydrogen-bond acceptors (Lipinski definition) is 4. The van der Waals surface area contributed by atoms with Crippen LogP contribution in [0.1, 0.15) is 22.8 Å². The Morgan fingerprint density at radius 3 is 2.50 bits per heavy atom. The standard InChI is InChI=1S/C13H11BrN2OS/c1-8-6-15-13(16-7-8)18-12-4-3-10(9(2)17)5-11(12)14/h3-7H,1-2H3. The quantitative estimate of drug-likeness (QED) is 0.635. The predicted octanol–water partition coefficient (Wildman–Crippen LogP) is 3.90. The molecule has 0 radical (unpaired) electrons. The number of ketones is 1. The topological polar surface area (TPSA) is 42.9 Å². The van der Waals surface area contributed by atoms with Crippen LogP contribution in [0.2, 0.25) is 0 Å². The fraction of sp³-hybridized carbons (Fsp3) is 0.154. The molecule has 0 amide bonds. The van der Waals surface area contributed by atoms with Gasteiger partial charge in [-0.05, 0) is 59.2 Å². The van der Waals surface area contributed by atoms with Gasteiger partial charge in [0.25, 0.3) is 0 Å². The van der Waals surface area contributed by atoms with E-state index >= 15 is 0 Å². The molecule has 2 aromatic rings. The molecule has 1 aromatic carbocycles. The van der Waals surface area contributed by atoms with E-state index in [4.69, 9.17) is 0 Å². The molecular weight excluding hydrogens is 312 g/mol. The summed E-state index contributed by atoms with van der Waals surface area (Å²) in [5.74, 6) is 0.0545. The van der Waals surface area contributed by atoms with Crippen molar-refractivity contribution in [2.24, 2.45) is 0 Å². The maximum Gasteiger partial charge on any atom is 0.192 e. The fourth-order valence-electron chi connectivity index (χ4n) is 1.33. The van der Waals surface area contributed by atoms with E-state index in [1.54, 1.807) is 19.3 Å². The van der Waals surface area contributed by atoms with E-state index in [9.17, 15) is 4.79 Å². The van der Waals surface area contributed by atoms with Crippen LogP contribution >= 0.6 is 27.7 Å². The summed E-state index contributed by atoms with van der Waals surface area (Å²) in [4.78, 5) is 20.7. The Bertz CT molecular complexity index is 584. The van der Waals surface area contributed by atoms with E-state index in [2.05, 4.69) is 25.9 Å². The number of halogens is 1. The highest BCUT2D eigenvalue weighted by Crippen LogP contribution is 2.32. The number of carbonyl (C=O) groups excluding carboxylic acids is 1. The zero-order valence-corrected chi connectivity index (χ0v) is 12.4. The van der Waals surface area contributed by atoms with Gasteiger partial charge in [0.2, 0.25) is 0 Å². The molecule has 1 heterocycles. The van der Waals surface area contributed by atoms with Gasteiger partial charge in [-0.2, -0.15) is 0 Å². The Morgan fingerprint density at radius 2 is 1.94 bits per heavy atom. The normalized spacial score (nSPS) is 10.4. The molecule has 0 aliphatic rings. The van der Waals surface area contributed by atoms with Crippen molar-refractivity contribution >= 4 is 33.5 Å². The summed E-state index contributed by atoms with van der Waals surface area (Å²) in [7, 11) is 0. The molecule has 0 saturated heterocycles. The zero-order valence-electron chi connectivity index (χ0n) is 9.98. The van der Waals surface area contributed by atoms with Gasteiger partial charge >= 0.3 is 0 Å². The first kappa shape index (κ1) is 13.2. The summed E-state index contributed by atoms with van der Waals surface area (Å²) >= 11 is 4.92. The molecule has 0 fully saturated rings. The van der Waals surface area contributed by atoms with Crippen LogP contribution in [0.15, 0.2) is 45.1 Å². The molecule has 0 atom stereocenters. The lowest BCUT2D eigenvalue weighted by molar-refractivity contribution is 0.101. The van der Waals surface area contributed by atoms with Crippen molar-refractivity contribution in [2.45, 2.75) is 23.9 Å². The van der Waals surface area contributed by atoms with E-state index < -0.39 is 0 Å². The predicted molar refractivity (Wildman–Crippen MR) is 75.0 cm³/mol. The molecule has 92 valence electrons. The first-order chi connectivity index (χ1) is 8.56. The Balaban J connectivity index is 2.24. The van der Waals surface area contributed by atoms with E-state index in [0.29, 0.717) is 10.7 Å². The summed E-state index contributed by atoms with van der Waals surface area (Å²) in [5.41, 5.74) is 1.72. The summed E-state index contributed by atoms with van der Waals surface area (Å²) in [6, 6.07) is 5.52. The summed E-state index contributed by atoms with van der Waals surface area (Å²) in [5, 5.41) is 0.692. The van der Waals surface area contributed by atoms with Crippen molar-refractivity contribution in [3.63, 3.8) is 0 Å². The number of aryl methyl sites for hydroxylation is 1. The van der Waals surface area contributed by atoms with Gasteiger partial charge in [-0.3, -0.25) is 4.79 Å². The van der Waals surface area contributed by atoms with E-state index in [0.717, 1.165) is 14.9 Å². The van der Waals surface area contributed by atoms with Crippen molar-refractivity contribution in [1.29, 1.82) is 0 Å². The maximum atomic E-state index is 11.3. The molecule has 0 aliphatic heterocycles. The van der Waals surface area contributed by atoms with Gasteiger partial charge in [0.15, 0.2) is 10.9 Å². The number of hydrogen-bond donors (Lipinski definition) is 0. The maximum absolute atomic E-state index is 11.3. The highest BCUT2D eigenvalue weighted by atomic mass is 79.9. The largest absolute Gasteiger partial charge is 0.295 e. The van der Waals surface area contributed by atoms with Gasteiger partial charge in [-0.1, -0.05) is 6.07 Å². The first-order valence-electron chi connectivity index (χ1n) is 5.33. The third kappa shape index (κ3) is 3.17. The minimum atomic E-state index is 0.0545. The van der Waals surface area contributed by atoms with Gasteiger partial charge in [0, 0.05) is 27.3 Å². The van der Waals surface area contributed by atoms with Crippen molar-refractivity contribution in [3.05, 3.63) is 46.2 Å². The lowest BCUT2D eigenvalue weighted by Crippen LogP contribution is -1.92. The zero-order chi connectivity index (χ0) is 13.1. The highest BCUT2D eigenvalue weighted by Gasteiger charge is 2.07. The van der Waals surface area contributed by atoms with Crippen LogP contribution in [-0.2, 0) is 0 Å². The van der Waals surface area contributed by atoms with E-state index in [1.165, 1.54) is 11.8 Å². The molecule has 0 saturated carbocycles. The molecule has 5 heteroatoms. The number of nitrogens with zero attached hydrogens (tertiary/aromatic N) is 2. The average molecular weight is 323 g/mol. The number of aromatic nitrogens is 2. The van der Waals surface area contributed by atoms with Crippen molar-refractivity contribution in [1.82, 2.24) is 9.97 Å². The van der Waals surface area contributed by atoms with Gasteiger partial charge in [-0.15, -0.1) is 0 Å². The minimum absolute atomic E-state index is 0.0545. The molecule has 0 spiro atoms. The summed E-state index contributed by atoms with van der Waals surface area (Å²) in [6.45, 7) is 3.50. The van der Waals surface area contributed by atoms with E-state index in [1.807, 2.05) is 25.1 Å². The van der Waals surface area contributed by atoms with Gasteiger partial charge in [-0.25, -0.2) is 9.97 Å². The lowest BCUT2D eigenvalue weighted by Gasteiger charge is -2.04. The minimum Gasteiger partial charge on any atom is -0.295 e. The second-order valence-corrected chi connectivity index (χ2v) is 5.71. The third-order valence-electron chi connectivity index (χ3n) is 2.30. The highest BCUT2D eigenvalue weighted by molar-refractivity contribution is 9.10. The molecule has 2 rings (SSSR count). The van der Waals surface area contributed by atoms with Crippen molar-refractivity contribution in [2.75, 3.05) is 0 Å². The SMILES string of the molecule is CC(=O)c1ccc(Sc2ncc(C)cn2)c(Br)c1. The smallest absolute Gasteiger partial charge is 0.192 e. The molecule has 18 heavy (non-hydrogen) atoms. The summed E-state index contributed by atoms with van der Waals surface area (Å²) < 4.78 is 0.879. The second kappa shape index (κ2) is 5.63. The molecule has 0 bridgehead atoms. The first-order valence-corrected chi connectivity index (χ1v) is 6.94. The van der Waals surface area contributed by atoms with Crippen molar-refractivity contribution < 1.29 is 4.79 Å². The van der Waals surface area contributed by atoms with Crippen LogP contribution in [0.4, 0.5) is 0 Å². The number of Topliss-reactive ketones (excluding diaryl/α,β-unsaturated/α-hetero) is 1. The number of rotatable bonds is 3. The monoisotopic (exact) mass is 322 g/mol.